The zero-order valence-corrected chi connectivity index (χ0v) is 13.8. The predicted octanol–water partition coefficient (Wildman–Crippen LogP) is 2.03. The molecule has 120 valence electrons. The molecule has 10 heteroatoms. The van der Waals surface area contributed by atoms with E-state index in [2.05, 4.69) is 14.6 Å². The third kappa shape index (κ3) is 2.73. The van der Waals surface area contributed by atoms with Crippen LogP contribution in [0, 0.1) is 6.92 Å². The zero-order chi connectivity index (χ0) is 16.6. The number of furan rings is 1. The van der Waals surface area contributed by atoms with E-state index in [4.69, 9.17) is 20.8 Å². The lowest BCUT2D eigenvalue weighted by Crippen LogP contribution is -2.22. The van der Waals surface area contributed by atoms with Gasteiger partial charge in [0.05, 0.1) is 13.2 Å². The summed E-state index contributed by atoms with van der Waals surface area (Å²) in [7, 11) is 0. The van der Waals surface area contributed by atoms with Crippen molar-refractivity contribution in [2.45, 2.75) is 20.4 Å². The number of aryl methyl sites for hydroxylation is 1. The molecule has 0 aliphatic carbocycles. The second kappa shape index (κ2) is 6.09. The van der Waals surface area contributed by atoms with E-state index >= 15 is 0 Å². The molecule has 8 nitrogen and oxygen atoms in total. The summed E-state index contributed by atoms with van der Waals surface area (Å²) in [6, 6.07) is 0. The molecule has 0 bridgehead atoms. The Morgan fingerprint density at radius 1 is 1.52 bits per heavy atom. The number of fused-ring (bicyclic) bond motifs is 1. The summed E-state index contributed by atoms with van der Waals surface area (Å²) in [5, 5.41) is 3.94. The molecule has 0 N–H and O–H groups in total. The molecule has 0 atom stereocenters. The maximum absolute atomic E-state index is 12.7. The van der Waals surface area contributed by atoms with Gasteiger partial charge in [-0.1, -0.05) is 16.1 Å². The average Bonchev–Trinajstić information content (AvgIpc) is 3.06. The number of rotatable bonds is 4. The van der Waals surface area contributed by atoms with Crippen LogP contribution in [0.3, 0.4) is 0 Å². The molecule has 3 heterocycles. The van der Waals surface area contributed by atoms with Crippen LogP contribution in [0.25, 0.3) is 11.1 Å². The van der Waals surface area contributed by atoms with Crippen LogP contribution in [-0.2, 0) is 11.3 Å². The van der Waals surface area contributed by atoms with Crippen molar-refractivity contribution in [1.82, 2.24) is 19.1 Å². The molecule has 3 aromatic rings. The number of nitrogens with zero attached hydrogens (tertiary/aromatic N) is 4. The lowest BCUT2D eigenvalue weighted by molar-refractivity contribution is 0.0526. The van der Waals surface area contributed by atoms with Gasteiger partial charge in [-0.3, -0.25) is 9.36 Å². The van der Waals surface area contributed by atoms with Crippen LogP contribution < -0.4 is 5.56 Å². The number of aromatic nitrogens is 4. The van der Waals surface area contributed by atoms with Gasteiger partial charge in [0.25, 0.3) is 5.56 Å². The first kappa shape index (κ1) is 15.6. The molecule has 3 aromatic heterocycles. The second-order valence-electron chi connectivity index (χ2n) is 4.60. The van der Waals surface area contributed by atoms with Crippen LogP contribution in [0.5, 0.6) is 0 Å². The van der Waals surface area contributed by atoms with Gasteiger partial charge in [-0.2, -0.15) is 0 Å². The van der Waals surface area contributed by atoms with Crippen LogP contribution >= 0.6 is 23.1 Å². The third-order valence-corrected chi connectivity index (χ3v) is 4.15. The van der Waals surface area contributed by atoms with Crippen molar-refractivity contribution in [2.75, 3.05) is 6.61 Å². The highest BCUT2D eigenvalue weighted by atomic mass is 35.5. The van der Waals surface area contributed by atoms with Crippen molar-refractivity contribution in [2.24, 2.45) is 0 Å². The number of hydrogen-bond acceptors (Lipinski definition) is 8. The molecule has 0 saturated carbocycles. The van der Waals surface area contributed by atoms with Gasteiger partial charge >= 0.3 is 5.97 Å². The lowest BCUT2D eigenvalue weighted by atomic mass is 10.2. The van der Waals surface area contributed by atoms with Crippen molar-refractivity contribution in [3.63, 3.8) is 0 Å². The minimum absolute atomic E-state index is 0.0859. The quantitative estimate of drug-likeness (QED) is 0.661. The summed E-state index contributed by atoms with van der Waals surface area (Å²) in [4.78, 5) is 28.8. The van der Waals surface area contributed by atoms with Gasteiger partial charge in [0.15, 0.2) is 0 Å². The molecular formula is C13H11ClN4O4S. The van der Waals surface area contributed by atoms with Crippen molar-refractivity contribution < 1.29 is 13.9 Å². The molecule has 3 rings (SSSR count). The first-order valence-electron chi connectivity index (χ1n) is 6.65. The zero-order valence-electron chi connectivity index (χ0n) is 12.2. The fraction of sp³-hybridized carbons (Fsp3) is 0.308. The standard InChI is InChI=1S/C13H11ClN4O4S/c1-3-21-13(20)8-6(2)22-11-9(8)12(19)18(5-15-11)4-7-10(14)23-17-16-7/h5H,3-4H2,1-2H3. The fourth-order valence-corrected chi connectivity index (χ4v) is 2.76. The number of carbonyl (C=O) groups excluding carboxylic acids is 1. The normalized spacial score (nSPS) is 11.1. The molecule has 0 amide bonds. The van der Waals surface area contributed by atoms with Gasteiger partial charge in [0.2, 0.25) is 5.71 Å². The van der Waals surface area contributed by atoms with Crippen LogP contribution in [0.2, 0.25) is 4.34 Å². The maximum Gasteiger partial charge on any atom is 0.342 e. The summed E-state index contributed by atoms with van der Waals surface area (Å²) >= 11 is 6.98. The Kier molecular flexibility index (Phi) is 4.14. The largest absolute Gasteiger partial charge is 0.462 e. The van der Waals surface area contributed by atoms with Crippen LogP contribution in [0.4, 0.5) is 0 Å². The van der Waals surface area contributed by atoms with E-state index in [1.165, 1.54) is 10.9 Å². The molecule has 0 radical (unpaired) electrons. The van der Waals surface area contributed by atoms with Crippen LogP contribution in [-0.4, -0.2) is 31.7 Å². The Balaban J connectivity index is 2.14. The second-order valence-corrected chi connectivity index (χ2v) is 5.96. The maximum atomic E-state index is 12.7. The Morgan fingerprint density at radius 2 is 2.30 bits per heavy atom. The predicted molar refractivity (Wildman–Crippen MR) is 83.0 cm³/mol. The lowest BCUT2D eigenvalue weighted by Gasteiger charge is -2.03. The number of carbonyl (C=O) groups is 1. The van der Waals surface area contributed by atoms with Gasteiger partial charge in [0, 0.05) is 11.5 Å². The van der Waals surface area contributed by atoms with E-state index in [9.17, 15) is 9.59 Å². The molecule has 0 spiro atoms. The Bertz CT molecular complexity index is 945. The van der Waals surface area contributed by atoms with E-state index in [1.54, 1.807) is 13.8 Å². The molecule has 0 saturated heterocycles. The summed E-state index contributed by atoms with van der Waals surface area (Å²) < 4.78 is 15.8. The minimum Gasteiger partial charge on any atom is -0.462 e. The van der Waals surface area contributed by atoms with Gasteiger partial charge in [-0.15, -0.1) is 5.10 Å². The third-order valence-electron chi connectivity index (χ3n) is 3.16. The molecule has 0 fully saturated rings. The Morgan fingerprint density at radius 3 is 2.96 bits per heavy atom. The monoisotopic (exact) mass is 354 g/mol. The number of hydrogen-bond donors (Lipinski definition) is 0. The first-order valence-corrected chi connectivity index (χ1v) is 7.80. The highest BCUT2D eigenvalue weighted by Crippen LogP contribution is 2.22. The molecule has 0 unspecified atom stereocenters. The highest BCUT2D eigenvalue weighted by Gasteiger charge is 2.24. The topological polar surface area (TPSA) is 100 Å². The Labute approximate surface area is 138 Å². The van der Waals surface area contributed by atoms with Crippen molar-refractivity contribution in [1.29, 1.82) is 0 Å². The van der Waals surface area contributed by atoms with Gasteiger partial charge < -0.3 is 9.15 Å². The molecule has 23 heavy (non-hydrogen) atoms. The Hall–Kier alpha value is -2.26. The van der Waals surface area contributed by atoms with Crippen LogP contribution in [0.1, 0.15) is 28.7 Å². The summed E-state index contributed by atoms with van der Waals surface area (Å²) in [6.07, 6.45) is 1.32. The molecule has 0 aliphatic rings. The van der Waals surface area contributed by atoms with Crippen LogP contribution in [0.15, 0.2) is 15.5 Å². The fourth-order valence-electron chi connectivity index (χ4n) is 2.15. The smallest absolute Gasteiger partial charge is 0.342 e. The van der Waals surface area contributed by atoms with E-state index in [0.717, 1.165) is 11.5 Å². The molecule has 0 aromatic carbocycles. The summed E-state index contributed by atoms with van der Waals surface area (Å²) in [5.41, 5.74) is 0.210. The van der Waals surface area contributed by atoms with E-state index in [0.29, 0.717) is 10.0 Å². The summed E-state index contributed by atoms with van der Waals surface area (Å²) in [6.45, 7) is 3.56. The SMILES string of the molecule is CCOC(=O)c1c(C)oc2ncn(Cc3nnsc3Cl)c(=O)c12. The highest BCUT2D eigenvalue weighted by molar-refractivity contribution is 7.10. The summed E-state index contributed by atoms with van der Waals surface area (Å²) in [5.74, 6) is -0.331. The van der Waals surface area contributed by atoms with Gasteiger partial charge in [0.1, 0.15) is 33.1 Å². The first-order chi connectivity index (χ1) is 11.0. The van der Waals surface area contributed by atoms with Gasteiger partial charge in [-0.25, -0.2) is 9.78 Å². The average molecular weight is 355 g/mol. The van der Waals surface area contributed by atoms with E-state index in [-0.39, 0.29) is 35.6 Å². The number of halogens is 1. The van der Waals surface area contributed by atoms with E-state index < -0.39 is 11.5 Å². The number of ether oxygens (including phenoxy) is 1. The van der Waals surface area contributed by atoms with Gasteiger partial charge in [-0.05, 0) is 13.8 Å². The molecule has 0 aliphatic heterocycles. The van der Waals surface area contributed by atoms with E-state index in [1.807, 2.05) is 0 Å². The minimum atomic E-state index is -0.617. The van der Waals surface area contributed by atoms with Crippen molar-refractivity contribution in [3.05, 3.63) is 38.0 Å². The van der Waals surface area contributed by atoms with Crippen molar-refractivity contribution >= 4 is 40.2 Å². The van der Waals surface area contributed by atoms with Crippen molar-refractivity contribution in [3.8, 4) is 0 Å². The number of esters is 1. The molecular weight excluding hydrogens is 344 g/mol.